The molecule has 2 aliphatic rings. The zero-order chi connectivity index (χ0) is 29.6. The van der Waals surface area contributed by atoms with E-state index >= 15 is 0 Å². The highest BCUT2D eigenvalue weighted by molar-refractivity contribution is 7.89. The molecular weight excluding hydrogens is 573 g/mol. The van der Waals surface area contributed by atoms with Gasteiger partial charge in [-0.05, 0) is 62.6 Å². The Morgan fingerprint density at radius 2 is 1.07 bits per heavy atom. The second kappa shape index (κ2) is 13.2. The van der Waals surface area contributed by atoms with Crippen molar-refractivity contribution in [3.05, 3.63) is 48.5 Å². The van der Waals surface area contributed by atoms with Crippen LogP contribution < -0.4 is 24.6 Å². The molecule has 0 saturated carbocycles. The molecule has 0 aliphatic carbocycles. The number of piperazine rings is 2. The number of nitrogens with zero attached hydrogens (tertiary/aromatic N) is 3. The van der Waals surface area contributed by atoms with Gasteiger partial charge in [-0.2, -0.15) is 13.2 Å². The molecule has 0 bridgehead atoms. The number of sulfonamides is 2. The van der Waals surface area contributed by atoms with E-state index in [1.54, 1.807) is 29.2 Å². The maximum atomic E-state index is 12.4. The monoisotopic (exact) mass is 606 g/mol. The Hall–Kier alpha value is -2.92. The number of amides is 1. The first-order chi connectivity index (χ1) is 18.8. The lowest BCUT2D eigenvalue weighted by Gasteiger charge is -2.36. The van der Waals surface area contributed by atoms with Crippen LogP contribution in [0.25, 0.3) is 0 Å². The van der Waals surface area contributed by atoms with E-state index < -0.39 is 32.1 Å². The summed E-state index contributed by atoms with van der Waals surface area (Å²) in [4.78, 5) is 16.4. The molecule has 222 valence electrons. The van der Waals surface area contributed by atoms with Gasteiger partial charge in [-0.1, -0.05) is 0 Å². The zero-order valence-corrected chi connectivity index (χ0v) is 23.7. The van der Waals surface area contributed by atoms with E-state index in [1.807, 2.05) is 12.1 Å². The largest absolute Gasteiger partial charge is 0.471 e. The zero-order valence-electron chi connectivity index (χ0n) is 22.1. The van der Waals surface area contributed by atoms with Gasteiger partial charge in [-0.25, -0.2) is 26.3 Å². The highest BCUT2D eigenvalue weighted by Crippen LogP contribution is 2.23. The number of carbonyl (C=O) groups excluding carboxylic acids is 1. The first-order valence-electron chi connectivity index (χ1n) is 12.4. The highest BCUT2D eigenvalue weighted by Gasteiger charge is 2.43. The van der Waals surface area contributed by atoms with Gasteiger partial charge in [0, 0.05) is 63.7 Å². The number of benzene rings is 2. The molecular formula is C24H33F3N6O5S2. The third kappa shape index (κ3) is 8.06. The van der Waals surface area contributed by atoms with Gasteiger partial charge in [0.25, 0.3) is 0 Å². The predicted molar refractivity (Wildman–Crippen MR) is 145 cm³/mol. The minimum Gasteiger partial charge on any atom is -0.369 e. The minimum atomic E-state index is -4.86. The Balaban J connectivity index is 0.000000230. The van der Waals surface area contributed by atoms with Gasteiger partial charge in [0.2, 0.25) is 20.0 Å². The number of anilines is 2. The lowest BCUT2D eigenvalue weighted by molar-refractivity contribution is -0.185. The smallest absolute Gasteiger partial charge is 0.369 e. The number of halogens is 3. The van der Waals surface area contributed by atoms with Crippen molar-refractivity contribution in [2.24, 2.45) is 0 Å². The van der Waals surface area contributed by atoms with Crippen LogP contribution in [0, 0.1) is 0 Å². The third-order valence-electron chi connectivity index (χ3n) is 6.49. The summed E-state index contributed by atoms with van der Waals surface area (Å²) < 4.78 is 88.0. The SMILES string of the molecule is CNS(=O)(=O)c1ccc(N2CCN(C(=O)C(F)(F)F)CC2)cc1.CNS(=O)(=O)c1ccc(N2CCNCC2)cc1. The Bertz CT molecular complexity index is 1340. The van der Waals surface area contributed by atoms with Crippen LogP contribution in [0.15, 0.2) is 58.3 Å². The number of carbonyl (C=O) groups is 1. The van der Waals surface area contributed by atoms with Gasteiger partial charge in [0.15, 0.2) is 0 Å². The molecule has 40 heavy (non-hydrogen) atoms. The van der Waals surface area contributed by atoms with Crippen LogP contribution in [0.1, 0.15) is 0 Å². The normalized spacial score (nSPS) is 16.8. The highest BCUT2D eigenvalue weighted by atomic mass is 32.2. The number of hydrogen-bond acceptors (Lipinski definition) is 8. The van der Waals surface area contributed by atoms with E-state index in [9.17, 15) is 34.8 Å². The lowest BCUT2D eigenvalue weighted by Crippen LogP contribution is -2.52. The van der Waals surface area contributed by atoms with Gasteiger partial charge in [-0.15, -0.1) is 0 Å². The van der Waals surface area contributed by atoms with Crippen LogP contribution in [0.5, 0.6) is 0 Å². The number of alkyl halides is 3. The Kier molecular flexibility index (Phi) is 10.4. The first-order valence-corrected chi connectivity index (χ1v) is 15.4. The summed E-state index contributed by atoms with van der Waals surface area (Å²) in [6, 6.07) is 13.0. The van der Waals surface area contributed by atoms with E-state index in [0.717, 1.165) is 36.8 Å². The van der Waals surface area contributed by atoms with Crippen LogP contribution >= 0.6 is 0 Å². The van der Waals surface area contributed by atoms with Crippen molar-refractivity contribution in [3.63, 3.8) is 0 Å². The Morgan fingerprint density at radius 3 is 1.43 bits per heavy atom. The second-order valence-electron chi connectivity index (χ2n) is 8.92. The standard InChI is InChI=1S/C13H16F3N3O3S.C11H17N3O2S/c1-17-23(21,22)11-4-2-10(3-5-11)18-6-8-19(9-7-18)12(20)13(14,15)16;1-12-17(15,16)11-4-2-10(3-5-11)14-8-6-13-7-9-14/h2-5,17H,6-9H2,1H3;2-5,12-13H,6-9H2,1H3. The molecule has 2 heterocycles. The summed E-state index contributed by atoms with van der Waals surface area (Å²) in [5.41, 5.74) is 1.76. The molecule has 2 saturated heterocycles. The molecule has 2 aromatic carbocycles. The van der Waals surface area contributed by atoms with Crippen LogP contribution in [0.3, 0.4) is 0 Å². The van der Waals surface area contributed by atoms with Gasteiger partial charge >= 0.3 is 12.1 Å². The fraction of sp³-hybridized carbons (Fsp3) is 0.458. The van der Waals surface area contributed by atoms with Crippen molar-refractivity contribution in [2.75, 3.05) is 76.3 Å². The fourth-order valence-corrected chi connectivity index (χ4v) is 5.64. The molecule has 11 nitrogen and oxygen atoms in total. The predicted octanol–water partition coefficient (Wildman–Crippen LogP) is 0.810. The maximum absolute atomic E-state index is 12.4. The van der Waals surface area contributed by atoms with E-state index in [0.29, 0.717) is 10.6 Å². The van der Waals surface area contributed by atoms with Crippen LogP contribution in [-0.4, -0.2) is 100 Å². The molecule has 0 unspecified atom stereocenters. The van der Waals surface area contributed by atoms with E-state index in [-0.39, 0.29) is 31.1 Å². The van der Waals surface area contributed by atoms with Crippen molar-refractivity contribution in [1.82, 2.24) is 19.7 Å². The van der Waals surface area contributed by atoms with Crippen molar-refractivity contribution in [3.8, 4) is 0 Å². The number of nitrogens with one attached hydrogen (secondary N) is 3. The van der Waals surface area contributed by atoms with Crippen molar-refractivity contribution >= 4 is 37.3 Å². The van der Waals surface area contributed by atoms with Gasteiger partial charge in [0.1, 0.15) is 0 Å². The average molecular weight is 607 g/mol. The van der Waals surface area contributed by atoms with Crippen molar-refractivity contribution < 1.29 is 34.8 Å². The van der Waals surface area contributed by atoms with Crippen molar-refractivity contribution in [1.29, 1.82) is 0 Å². The first kappa shape index (κ1) is 31.6. The fourth-order valence-electron chi connectivity index (χ4n) is 4.18. The molecule has 2 aliphatic heterocycles. The molecule has 0 aromatic heterocycles. The number of rotatable bonds is 6. The summed E-state index contributed by atoms with van der Waals surface area (Å²) in [5, 5.41) is 3.28. The third-order valence-corrected chi connectivity index (χ3v) is 9.35. The van der Waals surface area contributed by atoms with E-state index in [4.69, 9.17) is 0 Å². The molecule has 3 N–H and O–H groups in total. The molecule has 2 fully saturated rings. The molecule has 16 heteroatoms. The minimum absolute atomic E-state index is 0.0328. The summed E-state index contributed by atoms with van der Waals surface area (Å²) in [6.45, 7) is 4.28. The Morgan fingerprint density at radius 1 is 0.700 bits per heavy atom. The van der Waals surface area contributed by atoms with Gasteiger partial charge < -0.3 is 20.0 Å². The quantitative estimate of drug-likeness (QED) is 0.441. The number of hydrogen-bond donors (Lipinski definition) is 3. The lowest BCUT2D eigenvalue weighted by atomic mass is 10.2. The Labute approximate surface area is 232 Å². The van der Waals surface area contributed by atoms with E-state index in [1.165, 1.54) is 26.2 Å². The van der Waals surface area contributed by atoms with Crippen LogP contribution in [-0.2, 0) is 24.8 Å². The molecule has 0 atom stereocenters. The average Bonchev–Trinajstić information content (AvgIpc) is 2.97. The summed E-state index contributed by atoms with van der Waals surface area (Å²) in [6.07, 6.45) is -4.86. The van der Waals surface area contributed by atoms with Gasteiger partial charge in [-0.3, -0.25) is 4.79 Å². The molecule has 0 spiro atoms. The summed E-state index contributed by atoms with van der Waals surface area (Å²) in [7, 11) is -4.13. The molecule has 0 radical (unpaired) electrons. The molecule has 2 aromatic rings. The molecule has 4 rings (SSSR count). The van der Waals surface area contributed by atoms with Crippen LogP contribution in [0.2, 0.25) is 0 Å². The molecule has 1 amide bonds. The van der Waals surface area contributed by atoms with E-state index in [2.05, 4.69) is 19.7 Å². The summed E-state index contributed by atoms with van der Waals surface area (Å²) >= 11 is 0. The van der Waals surface area contributed by atoms with Crippen molar-refractivity contribution in [2.45, 2.75) is 16.0 Å². The second-order valence-corrected chi connectivity index (χ2v) is 12.7. The van der Waals surface area contributed by atoms with Gasteiger partial charge in [0.05, 0.1) is 9.79 Å². The summed E-state index contributed by atoms with van der Waals surface area (Å²) in [5.74, 6) is -1.83. The van der Waals surface area contributed by atoms with Crippen LogP contribution in [0.4, 0.5) is 24.5 Å². The maximum Gasteiger partial charge on any atom is 0.471 e. The topological polar surface area (TPSA) is 131 Å².